The van der Waals surface area contributed by atoms with E-state index in [-0.39, 0.29) is 0 Å². The Balaban J connectivity index is 2.97. The molecule has 0 fully saturated rings. The SMILES string of the molecule is O=[SH](=O)C(Cl)c1ccc(Cl)cc1. The fourth-order valence-corrected chi connectivity index (χ4v) is 1.43. The fraction of sp³-hybridized carbons (Fsp3) is 0.143. The number of hydrogen-bond donors (Lipinski definition) is 1. The van der Waals surface area contributed by atoms with Crippen LogP contribution in [-0.4, -0.2) is 8.42 Å². The van der Waals surface area contributed by atoms with Gasteiger partial charge in [-0.05, 0) is 17.7 Å². The van der Waals surface area contributed by atoms with Gasteiger partial charge in [0.05, 0.1) is 0 Å². The van der Waals surface area contributed by atoms with E-state index in [1.165, 1.54) is 0 Å². The van der Waals surface area contributed by atoms with E-state index in [1.807, 2.05) is 0 Å². The lowest BCUT2D eigenvalue weighted by molar-refractivity contribution is 0.612. The summed E-state index contributed by atoms with van der Waals surface area (Å²) in [6.07, 6.45) is 0. The second-order valence-corrected chi connectivity index (χ2v) is 4.44. The van der Waals surface area contributed by atoms with Crippen molar-refractivity contribution >= 4 is 33.9 Å². The summed E-state index contributed by atoms with van der Waals surface area (Å²) in [6, 6.07) is 6.38. The summed E-state index contributed by atoms with van der Waals surface area (Å²) >= 11 is 11.2. The molecule has 0 saturated heterocycles. The molecule has 1 aromatic carbocycles. The van der Waals surface area contributed by atoms with Crippen LogP contribution in [0, 0.1) is 0 Å². The number of alkyl halides is 1. The predicted molar refractivity (Wildman–Crippen MR) is 50.4 cm³/mol. The number of thiol groups is 1. The molecule has 0 aliphatic rings. The molecule has 0 bridgehead atoms. The van der Waals surface area contributed by atoms with E-state index in [0.717, 1.165) is 0 Å². The number of benzene rings is 1. The second-order valence-electron chi connectivity index (χ2n) is 2.17. The maximum atomic E-state index is 10.5. The normalized spacial score (nSPS) is 13.2. The Morgan fingerprint density at radius 1 is 1.17 bits per heavy atom. The van der Waals surface area contributed by atoms with Crippen molar-refractivity contribution in [3.8, 4) is 0 Å². The molecule has 0 N–H and O–H groups in total. The summed E-state index contributed by atoms with van der Waals surface area (Å²) in [5.41, 5.74) is 0.539. The van der Waals surface area contributed by atoms with Crippen LogP contribution in [-0.2, 0) is 10.7 Å². The van der Waals surface area contributed by atoms with Crippen LogP contribution in [0.25, 0.3) is 0 Å². The van der Waals surface area contributed by atoms with E-state index in [1.54, 1.807) is 24.3 Å². The first kappa shape index (κ1) is 9.84. The highest BCUT2D eigenvalue weighted by Gasteiger charge is 2.08. The molecule has 1 unspecified atom stereocenters. The highest BCUT2D eigenvalue weighted by Crippen LogP contribution is 2.22. The van der Waals surface area contributed by atoms with Gasteiger partial charge in [-0.3, -0.25) is 0 Å². The van der Waals surface area contributed by atoms with Crippen molar-refractivity contribution in [1.29, 1.82) is 0 Å². The summed E-state index contributed by atoms with van der Waals surface area (Å²) in [4.78, 5) is 0. The first-order valence-electron chi connectivity index (χ1n) is 3.14. The molecule has 0 aliphatic heterocycles. The molecule has 0 spiro atoms. The third-order valence-corrected chi connectivity index (χ3v) is 2.98. The molecular weight excluding hydrogens is 219 g/mol. The summed E-state index contributed by atoms with van der Waals surface area (Å²) in [7, 11) is -2.63. The molecular formula is C7H6Cl2O2S. The Labute approximate surface area is 82.1 Å². The molecule has 0 radical (unpaired) electrons. The summed E-state index contributed by atoms with van der Waals surface area (Å²) in [6.45, 7) is 0. The van der Waals surface area contributed by atoms with Crippen molar-refractivity contribution in [1.82, 2.24) is 0 Å². The van der Waals surface area contributed by atoms with Gasteiger partial charge in [0.25, 0.3) is 0 Å². The molecule has 1 aromatic rings. The first-order chi connectivity index (χ1) is 5.61. The van der Waals surface area contributed by atoms with Crippen molar-refractivity contribution in [3.63, 3.8) is 0 Å². The summed E-state index contributed by atoms with van der Waals surface area (Å²) < 4.78 is 20.0. The second kappa shape index (κ2) is 4.12. The smallest absolute Gasteiger partial charge is 0.161 e. The van der Waals surface area contributed by atoms with Gasteiger partial charge in [0.2, 0.25) is 0 Å². The fourth-order valence-electron chi connectivity index (χ4n) is 0.743. The Hall–Kier alpha value is -0.250. The van der Waals surface area contributed by atoms with Crippen LogP contribution in [0.3, 0.4) is 0 Å². The lowest BCUT2D eigenvalue weighted by atomic mass is 10.2. The monoisotopic (exact) mass is 224 g/mol. The molecule has 0 amide bonds. The highest BCUT2D eigenvalue weighted by atomic mass is 35.5. The molecule has 12 heavy (non-hydrogen) atoms. The largest absolute Gasteiger partial charge is 0.230 e. The van der Waals surface area contributed by atoms with Crippen LogP contribution < -0.4 is 0 Å². The van der Waals surface area contributed by atoms with Gasteiger partial charge < -0.3 is 0 Å². The van der Waals surface area contributed by atoms with Gasteiger partial charge in [-0.25, -0.2) is 8.42 Å². The Morgan fingerprint density at radius 3 is 2.08 bits per heavy atom. The average Bonchev–Trinajstić information content (AvgIpc) is 2.04. The molecule has 0 saturated carbocycles. The predicted octanol–water partition coefficient (Wildman–Crippen LogP) is 2.19. The van der Waals surface area contributed by atoms with E-state index in [0.29, 0.717) is 10.6 Å². The third kappa shape index (κ3) is 2.37. The molecule has 0 aromatic heterocycles. The summed E-state index contributed by atoms with van der Waals surface area (Å²) in [5, 5.41) is 0.559. The van der Waals surface area contributed by atoms with Gasteiger partial charge in [0.15, 0.2) is 15.4 Å². The van der Waals surface area contributed by atoms with Crippen molar-refractivity contribution in [2.45, 2.75) is 4.71 Å². The van der Waals surface area contributed by atoms with Crippen LogP contribution in [0.5, 0.6) is 0 Å². The summed E-state index contributed by atoms with van der Waals surface area (Å²) in [5.74, 6) is 0. The van der Waals surface area contributed by atoms with E-state index >= 15 is 0 Å². The van der Waals surface area contributed by atoms with Gasteiger partial charge in [0, 0.05) is 5.02 Å². The van der Waals surface area contributed by atoms with E-state index in [9.17, 15) is 8.42 Å². The maximum absolute atomic E-state index is 10.5. The molecule has 5 heteroatoms. The van der Waals surface area contributed by atoms with Crippen molar-refractivity contribution in [3.05, 3.63) is 34.9 Å². The minimum Gasteiger partial charge on any atom is -0.230 e. The highest BCUT2D eigenvalue weighted by molar-refractivity contribution is 7.74. The van der Waals surface area contributed by atoms with Gasteiger partial charge in [0.1, 0.15) is 0 Å². The number of halogens is 2. The van der Waals surface area contributed by atoms with Crippen LogP contribution in [0.4, 0.5) is 0 Å². The lowest BCUT2D eigenvalue weighted by Gasteiger charge is -2.00. The minimum absolute atomic E-state index is 0.539. The van der Waals surface area contributed by atoms with Gasteiger partial charge in [-0.1, -0.05) is 23.7 Å². The van der Waals surface area contributed by atoms with Gasteiger partial charge >= 0.3 is 0 Å². The Morgan fingerprint density at radius 2 is 1.67 bits per heavy atom. The number of hydrogen-bond acceptors (Lipinski definition) is 2. The molecule has 1 rings (SSSR count). The Bertz CT molecular complexity index is 324. The van der Waals surface area contributed by atoms with E-state index in [4.69, 9.17) is 23.2 Å². The number of rotatable bonds is 2. The molecule has 0 aliphatic carbocycles. The average molecular weight is 225 g/mol. The topological polar surface area (TPSA) is 34.1 Å². The van der Waals surface area contributed by atoms with E-state index in [2.05, 4.69) is 0 Å². The molecule has 1 atom stereocenters. The zero-order valence-electron chi connectivity index (χ0n) is 5.91. The molecule has 66 valence electrons. The van der Waals surface area contributed by atoms with Crippen LogP contribution in [0.1, 0.15) is 10.3 Å². The first-order valence-corrected chi connectivity index (χ1v) is 5.20. The molecule has 2 nitrogen and oxygen atoms in total. The standard InChI is InChI=1S/C7H6Cl2O2S/c8-6-3-1-5(2-4-6)7(9)12(10)11/h1-4,7,12H. The van der Waals surface area contributed by atoms with Crippen molar-refractivity contribution in [2.75, 3.05) is 0 Å². The van der Waals surface area contributed by atoms with Crippen LogP contribution >= 0.6 is 23.2 Å². The quantitative estimate of drug-likeness (QED) is 0.618. The van der Waals surface area contributed by atoms with Gasteiger partial charge in [-0.15, -0.1) is 11.6 Å². The van der Waals surface area contributed by atoms with Crippen molar-refractivity contribution < 1.29 is 8.42 Å². The molecule has 0 heterocycles. The zero-order chi connectivity index (χ0) is 9.14. The lowest BCUT2D eigenvalue weighted by Crippen LogP contribution is -1.90. The van der Waals surface area contributed by atoms with Crippen molar-refractivity contribution in [2.24, 2.45) is 0 Å². The van der Waals surface area contributed by atoms with Crippen LogP contribution in [0.15, 0.2) is 24.3 Å². The third-order valence-electron chi connectivity index (χ3n) is 1.33. The van der Waals surface area contributed by atoms with Gasteiger partial charge in [-0.2, -0.15) is 0 Å². The maximum Gasteiger partial charge on any atom is 0.161 e. The van der Waals surface area contributed by atoms with Crippen LogP contribution in [0.2, 0.25) is 5.02 Å². The van der Waals surface area contributed by atoms with E-state index < -0.39 is 15.4 Å². The zero-order valence-corrected chi connectivity index (χ0v) is 8.31. The Kier molecular flexibility index (Phi) is 3.38. The minimum atomic E-state index is -2.63.